The highest BCUT2D eigenvalue weighted by Gasteiger charge is 2.52. The topological polar surface area (TPSA) is 50.7 Å². The van der Waals surface area contributed by atoms with Gasteiger partial charge in [0.25, 0.3) is 0 Å². The van der Waals surface area contributed by atoms with Gasteiger partial charge in [-0.1, -0.05) is 12.2 Å². The zero-order chi connectivity index (χ0) is 14.6. The minimum absolute atomic E-state index is 0.00171. The summed E-state index contributed by atoms with van der Waals surface area (Å²) in [5.74, 6) is 1.69. The maximum atomic E-state index is 9.97. The largest absolute Gasteiger partial charge is 0.493 e. The summed E-state index contributed by atoms with van der Waals surface area (Å²) in [6, 6.07) is 2.06. The number of hydrogen-bond donors (Lipinski definition) is 2. The zero-order valence-electron chi connectivity index (χ0n) is 12.5. The van der Waals surface area contributed by atoms with Gasteiger partial charge in [-0.05, 0) is 37.1 Å². The molecule has 2 aliphatic heterocycles. The Morgan fingerprint density at radius 1 is 1.48 bits per heavy atom. The van der Waals surface area contributed by atoms with Crippen LogP contribution in [0.5, 0.6) is 11.5 Å². The fourth-order valence-electron chi connectivity index (χ4n) is 4.11. The number of hydrogen-bond acceptors (Lipinski definition) is 4. The lowest BCUT2D eigenvalue weighted by atomic mass is 9.68. The van der Waals surface area contributed by atoms with Crippen molar-refractivity contribution < 1.29 is 14.6 Å². The molecule has 2 heterocycles. The first-order chi connectivity index (χ1) is 10.2. The first-order valence-electron chi connectivity index (χ1n) is 7.61. The average molecular weight is 287 g/mol. The number of aliphatic hydroxyl groups excluding tert-OH is 1. The van der Waals surface area contributed by atoms with Crippen molar-refractivity contribution in [2.24, 2.45) is 0 Å². The van der Waals surface area contributed by atoms with Crippen LogP contribution in [0.3, 0.4) is 0 Å². The van der Waals surface area contributed by atoms with Crippen molar-refractivity contribution in [1.82, 2.24) is 5.32 Å². The van der Waals surface area contributed by atoms with Gasteiger partial charge in [0.1, 0.15) is 6.10 Å². The maximum Gasteiger partial charge on any atom is 0.166 e. The smallest absolute Gasteiger partial charge is 0.166 e. The highest BCUT2D eigenvalue weighted by atomic mass is 16.5. The lowest BCUT2D eigenvalue weighted by Gasteiger charge is -2.35. The van der Waals surface area contributed by atoms with Crippen molar-refractivity contribution in [3.63, 3.8) is 0 Å². The standard InChI is InChI=1S/C17H21NO3/c1-10-7-13(20-2)16-15-12(10)9-18-6-5-17(15)4-3-11(19)8-14(17)21-16/h3-4,7,11,14,18-19H,5-6,8-9H2,1-2H3/t11-,14+,17-/m1/s1. The third-order valence-electron chi connectivity index (χ3n) is 5.18. The molecular formula is C17H21NO3. The molecule has 2 N–H and O–H groups in total. The lowest BCUT2D eigenvalue weighted by Crippen LogP contribution is -2.42. The maximum absolute atomic E-state index is 9.97. The van der Waals surface area contributed by atoms with Crippen LogP contribution < -0.4 is 14.8 Å². The van der Waals surface area contributed by atoms with Crippen molar-refractivity contribution >= 4 is 0 Å². The minimum atomic E-state index is -0.415. The number of methoxy groups -OCH3 is 1. The van der Waals surface area contributed by atoms with Crippen molar-refractivity contribution in [1.29, 1.82) is 0 Å². The van der Waals surface area contributed by atoms with E-state index in [2.05, 4.69) is 24.4 Å². The Labute approximate surface area is 124 Å². The molecule has 4 nitrogen and oxygen atoms in total. The van der Waals surface area contributed by atoms with Gasteiger partial charge in [-0.25, -0.2) is 0 Å². The van der Waals surface area contributed by atoms with E-state index in [0.29, 0.717) is 6.42 Å². The molecular weight excluding hydrogens is 266 g/mol. The van der Waals surface area contributed by atoms with Crippen LogP contribution in [-0.4, -0.2) is 31.0 Å². The van der Waals surface area contributed by atoms with Crippen LogP contribution in [0.4, 0.5) is 0 Å². The summed E-state index contributed by atoms with van der Waals surface area (Å²) in [5, 5.41) is 13.5. The predicted octanol–water partition coefficient (Wildman–Crippen LogP) is 1.82. The number of benzene rings is 1. The Morgan fingerprint density at radius 3 is 3.14 bits per heavy atom. The van der Waals surface area contributed by atoms with Crippen LogP contribution >= 0.6 is 0 Å². The quantitative estimate of drug-likeness (QED) is 0.774. The van der Waals surface area contributed by atoms with Crippen molar-refractivity contribution in [2.75, 3.05) is 13.7 Å². The van der Waals surface area contributed by atoms with E-state index in [1.54, 1.807) is 7.11 Å². The summed E-state index contributed by atoms with van der Waals surface area (Å²) in [7, 11) is 1.69. The van der Waals surface area contributed by atoms with Gasteiger partial charge in [-0.3, -0.25) is 0 Å². The van der Waals surface area contributed by atoms with Crippen LogP contribution in [-0.2, 0) is 12.0 Å². The first kappa shape index (κ1) is 13.2. The van der Waals surface area contributed by atoms with E-state index in [4.69, 9.17) is 9.47 Å². The van der Waals surface area contributed by atoms with Gasteiger partial charge >= 0.3 is 0 Å². The van der Waals surface area contributed by atoms with Crippen LogP contribution in [0.1, 0.15) is 29.5 Å². The normalized spacial score (nSPS) is 32.9. The molecule has 0 saturated carbocycles. The van der Waals surface area contributed by atoms with Gasteiger partial charge < -0.3 is 19.9 Å². The molecule has 21 heavy (non-hydrogen) atoms. The predicted molar refractivity (Wildman–Crippen MR) is 79.9 cm³/mol. The molecule has 0 bridgehead atoms. The Morgan fingerprint density at radius 2 is 2.33 bits per heavy atom. The molecule has 1 aromatic rings. The fraction of sp³-hybridized carbons (Fsp3) is 0.529. The van der Waals surface area contributed by atoms with Gasteiger partial charge in [-0.15, -0.1) is 0 Å². The third-order valence-corrected chi connectivity index (χ3v) is 5.18. The number of aryl methyl sites for hydroxylation is 1. The number of rotatable bonds is 1. The molecule has 4 heteroatoms. The summed E-state index contributed by atoms with van der Waals surface area (Å²) >= 11 is 0. The number of nitrogens with one attached hydrogen (secondary N) is 1. The van der Waals surface area contributed by atoms with Gasteiger partial charge in [0, 0.05) is 18.5 Å². The van der Waals surface area contributed by atoms with E-state index in [9.17, 15) is 5.11 Å². The van der Waals surface area contributed by atoms with Gasteiger partial charge in [0.15, 0.2) is 11.5 Å². The van der Waals surface area contributed by atoms with Crippen LogP contribution in [0.2, 0.25) is 0 Å². The number of ether oxygens (including phenoxy) is 2. The second-order valence-electron chi connectivity index (χ2n) is 6.31. The van der Waals surface area contributed by atoms with E-state index < -0.39 is 6.10 Å². The minimum Gasteiger partial charge on any atom is -0.493 e. The molecule has 0 unspecified atom stereocenters. The molecule has 0 saturated heterocycles. The van der Waals surface area contributed by atoms with Crippen molar-refractivity contribution in [2.45, 2.75) is 43.9 Å². The zero-order valence-corrected chi connectivity index (χ0v) is 12.5. The molecule has 1 aliphatic carbocycles. The second-order valence-corrected chi connectivity index (χ2v) is 6.31. The summed E-state index contributed by atoms with van der Waals surface area (Å²) in [4.78, 5) is 0. The Bertz CT molecular complexity index is 625. The molecule has 112 valence electrons. The van der Waals surface area contributed by atoms with E-state index in [-0.39, 0.29) is 11.5 Å². The fourth-order valence-corrected chi connectivity index (χ4v) is 4.11. The third kappa shape index (κ3) is 1.69. The van der Waals surface area contributed by atoms with Crippen LogP contribution in [0, 0.1) is 6.92 Å². The summed E-state index contributed by atoms with van der Waals surface area (Å²) in [5.41, 5.74) is 3.72. The van der Waals surface area contributed by atoms with E-state index in [0.717, 1.165) is 31.0 Å². The molecule has 0 radical (unpaired) electrons. The second kappa shape index (κ2) is 4.49. The van der Waals surface area contributed by atoms with E-state index in [1.165, 1.54) is 16.7 Å². The molecule has 0 fully saturated rings. The molecule has 1 aromatic carbocycles. The molecule has 0 aromatic heterocycles. The molecule has 0 amide bonds. The Hall–Kier alpha value is -1.52. The van der Waals surface area contributed by atoms with E-state index >= 15 is 0 Å². The molecule has 3 atom stereocenters. The Balaban J connectivity index is 2.00. The van der Waals surface area contributed by atoms with Crippen molar-refractivity contribution in [3.05, 3.63) is 34.9 Å². The molecule has 4 rings (SSSR count). The van der Waals surface area contributed by atoms with Gasteiger partial charge in [-0.2, -0.15) is 0 Å². The average Bonchev–Trinajstić information content (AvgIpc) is 2.67. The van der Waals surface area contributed by atoms with Crippen molar-refractivity contribution in [3.8, 4) is 11.5 Å². The van der Waals surface area contributed by atoms with Gasteiger partial charge in [0.05, 0.1) is 18.6 Å². The SMILES string of the molecule is COc1cc(C)c2c3c1O[C@H]1C[C@H](O)C=C[C@]31CCNC2. The van der Waals surface area contributed by atoms with Crippen LogP contribution in [0.25, 0.3) is 0 Å². The Kier molecular flexibility index (Phi) is 2.81. The highest BCUT2D eigenvalue weighted by Crippen LogP contribution is 2.55. The number of aliphatic hydroxyl groups is 1. The van der Waals surface area contributed by atoms with Crippen LogP contribution in [0.15, 0.2) is 18.2 Å². The van der Waals surface area contributed by atoms with E-state index in [1.807, 2.05) is 6.08 Å². The summed E-state index contributed by atoms with van der Waals surface area (Å²) in [6.07, 6.45) is 5.33. The first-order valence-corrected chi connectivity index (χ1v) is 7.61. The highest BCUT2D eigenvalue weighted by molar-refractivity contribution is 5.63. The molecule has 1 spiro atoms. The summed E-state index contributed by atoms with van der Waals surface area (Å²) in [6.45, 7) is 3.95. The summed E-state index contributed by atoms with van der Waals surface area (Å²) < 4.78 is 11.8. The monoisotopic (exact) mass is 287 g/mol. The van der Waals surface area contributed by atoms with Gasteiger partial charge in [0.2, 0.25) is 0 Å². The molecule has 3 aliphatic rings. The lowest BCUT2D eigenvalue weighted by molar-refractivity contribution is 0.0851.